The Bertz CT molecular complexity index is 773. The number of anilines is 1. The van der Waals surface area contributed by atoms with Gasteiger partial charge < -0.3 is 9.80 Å². The smallest absolute Gasteiger partial charge is 0.223 e. The largest absolute Gasteiger partial charge is 0.353 e. The normalized spacial score (nSPS) is 14.5. The fraction of sp³-hybridized carbons (Fsp3) is 0.476. The number of halogens is 1. The average Bonchev–Trinajstić information content (AvgIpc) is 2.70. The number of hydrogen-bond donors (Lipinski definition) is 0. The number of aromatic nitrogens is 2. The van der Waals surface area contributed by atoms with E-state index in [1.165, 1.54) is 11.1 Å². The van der Waals surface area contributed by atoms with Crippen molar-refractivity contribution in [3.63, 3.8) is 0 Å². The van der Waals surface area contributed by atoms with Gasteiger partial charge in [0.25, 0.3) is 0 Å². The Morgan fingerprint density at radius 1 is 1.11 bits per heavy atom. The van der Waals surface area contributed by atoms with Crippen molar-refractivity contribution in [3.05, 3.63) is 53.0 Å². The van der Waals surface area contributed by atoms with Crippen LogP contribution in [0.1, 0.15) is 36.0 Å². The second-order valence-corrected chi connectivity index (χ2v) is 7.22. The van der Waals surface area contributed by atoms with Gasteiger partial charge in [0.15, 0.2) is 0 Å². The second-order valence-electron chi connectivity index (χ2n) is 6.84. The number of amides is 1. The van der Waals surface area contributed by atoms with E-state index in [-0.39, 0.29) is 5.91 Å². The molecule has 1 fully saturated rings. The topological polar surface area (TPSA) is 49.3 Å². The minimum absolute atomic E-state index is 0.141. The van der Waals surface area contributed by atoms with Crippen LogP contribution in [0, 0.1) is 6.92 Å². The number of piperazine rings is 1. The molecule has 1 aliphatic heterocycles. The summed E-state index contributed by atoms with van der Waals surface area (Å²) < 4.78 is 0. The molecule has 1 aromatic carbocycles. The van der Waals surface area contributed by atoms with E-state index in [1.807, 2.05) is 17.9 Å². The van der Waals surface area contributed by atoms with Gasteiger partial charge in [-0.15, -0.1) is 11.6 Å². The van der Waals surface area contributed by atoms with Crippen LogP contribution < -0.4 is 4.90 Å². The van der Waals surface area contributed by atoms with Crippen molar-refractivity contribution in [1.82, 2.24) is 14.9 Å². The van der Waals surface area contributed by atoms with E-state index in [2.05, 4.69) is 36.1 Å². The summed E-state index contributed by atoms with van der Waals surface area (Å²) in [5.74, 6) is 2.35. The lowest BCUT2D eigenvalue weighted by Gasteiger charge is -2.36. The van der Waals surface area contributed by atoms with Gasteiger partial charge in [0.05, 0.1) is 0 Å². The number of alkyl halides is 1. The first-order chi connectivity index (χ1) is 13.1. The standard InChI is InChI=1S/C21H27ClN4O/c1-3-19-18(15-17-7-5-4-6-8-17)21(24-16(2)23-19)26-13-11-25(12-14-26)20(27)9-10-22/h4-8H,3,9-15H2,1-2H3. The van der Waals surface area contributed by atoms with Crippen LogP contribution in [0.15, 0.2) is 30.3 Å². The Balaban J connectivity index is 1.84. The Hall–Kier alpha value is -2.14. The SMILES string of the molecule is CCc1nc(C)nc(N2CCN(C(=O)CCCl)CC2)c1Cc1ccccc1. The Morgan fingerprint density at radius 3 is 2.44 bits per heavy atom. The van der Waals surface area contributed by atoms with Gasteiger partial charge in [-0.2, -0.15) is 0 Å². The lowest BCUT2D eigenvalue weighted by atomic mass is 10.0. The summed E-state index contributed by atoms with van der Waals surface area (Å²) in [5.41, 5.74) is 3.58. The Labute approximate surface area is 166 Å². The second kappa shape index (κ2) is 9.18. The molecule has 0 unspecified atom stereocenters. The zero-order chi connectivity index (χ0) is 19.2. The highest BCUT2D eigenvalue weighted by atomic mass is 35.5. The van der Waals surface area contributed by atoms with Gasteiger partial charge >= 0.3 is 0 Å². The van der Waals surface area contributed by atoms with Gasteiger partial charge in [-0.25, -0.2) is 9.97 Å². The van der Waals surface area contributed by atoms with Crippen molar-refractivity contribution in [1.29, 1.82) is 0 Å². The third-order valence-electron chi connectivity index (χ3n) is 4.98. The Kier molecular flexibility index (Phi) is 6.67. The number of aryl methyl sites for hydroxylation is 2. The average molecular weight is 387 g/mol. The van der Waals surface area contributed by atoms with Gasteiger partial charge in [0.2, 0.25) is 5.91 Å². The summed E-state index contributed by atoms with van der Waals surface area (Å²) in [6.45, 7) is 7.10. The molecule has 144 valence electrons. The van der Waals surface area contributed by atoms with E-state index in [1.54, 1.807) is 0 Å². The first-order valence-corrected chi connectivity index (χ1v) is 10.1. The number of carbonyl (C=O) groups excluding carboxylic acids is 1. The molecule has 1 aliphatic rings. The van der Waals surface area contributed by atoms with Crippen LogP contribution >= 0.6 is 11.6 Å². The van der Waals surface area contributed by atoms with E-state index >= 15 is 0 Å². The van der Waals surface area contributed by atoms with Crippen LogP contribution in [0.5, 0.6) is 0 Å². The van der Waals surface area contributed by atoms with Crippen LogP contribution in [0.2, 0.25) is 0 Å². The van der Waals surface area contributed by atoms with E-state index in [9.17, 15) is 4.79 Å². The first kappa shape index (κ1) is 19.6. The molecule has 3 rings (SSSR count). The van der Waals surface area contributed by atoms with E-state index in [4.69, 9.17) is 21.6 Å². The first-order valence-electron chi connectivity index (χ1n) is 9.61. The van der Waals surface area contributed by atoms with Gasteiger partial charge in [0.1, 0.15) is 11.6 Å². The minimum Gasteiger partial charge on any atom is -0.353 e. The predicted octanol–water partition coefficient (Wildman–Crippen LogP) is 3.22. The zero-order valence-corrected chi connectivity index (χ0v) is 16.9. The summed E-state index contributed by atoms with van der Waals surface area (Å²) in [6, 6.07) is 10.5. The zero-order valence-electron chi connectivity index (χ0n) is 16.1. The molecule has 2 aromatic rings. The van der Waals surface area contributed by atoms with Crippen molar-refractivity contribution >= 4 is 23.3 Å². The van der Waals surface area contributed by atoms with Crippen LogP contribution in [0.25, 0.3) is 0 Å². The fourth-order valence-corrected chi connectivity index (χ4v) is 3.74. The van der Waals surface area contributed by atoms with E-state index < -0.39 is 0 Å². The maximum absolute atomic E-state index is 12.1. The minimum atomic E-state index is 0.141. The van der Waals surface area contributed by atoms with Gasteiger partial charge in [-0.05, 0) is 18.9 Å². The summed E-state index contributed by atoms with van der Waals surface area (Å²) >= 11 is 5.71. The number of carbonyl (C=O) groups is 1. The highest BCUT2D eigenvalue weighted by Crippen LogP contribution is 2.26. The molecule has 0 N–H and O–H groups in total. The molecule has 0 saturated carbocycles. The molecular formula is C21H27ClN4O. The Morgan fingerprint density at radius 2 is 1.81 bits per heavy atom. The van der Waals surface area contributed by atoms with Crippen molar-refractivity contribution < 1.29 is 4.79 Å². The van der Waals surface area contributed by atoms with Gasteiger partial charge in [-0.3, -0.25) is 4.79 Å². The van der Waals surface area contributed by atoms with Crippen molar-refractivity contribution in [2.75, 3.05) is 37.0 Å². The molecule has 1 amide bonds. The fourth-order valence-electron chi connectivity index (χ4n) is 3.58. The van der Waals surface area contributed by atoms with Crippen molar-refractivity contribution in [2.45, 2.75) is 33.1 Å². The van der Waals surface area contributed by atoms with Crippen molar-refractivity contribution in [2.24, 2.45) is 0 Å². The molecule has 27 heavy (non-hydrogen) atoms. The lowest BCUT2D eigenvalue weighted by molar-refractivity contribution is -0.131. The number of hydrogen-bond acceptors (Lipinski definition) is 4. The number of rotatable bonds is 6. The maximum Gasteiger partial charge on any atom is 0.223 e. The molecule has 0 spiro atoms. The van der Waals surface area contributed by atoms with E-state index in [0.29, 0.717) is 25.4 Å². The van der Waals surface area contributed by atoms with Crippen LogP contribution in [0.4, 0.5) is 5.82 Å². The molecule has 1 aromatic heterocycles. The maximum atomic E-state index is 12.1. The molecule has 1 saturated heterocycles. The van der Waals surface area contributed by atoms with Crippen LogP contribution in [0.3, 0.4) is 0 Å². The predicted molar refractivity (Wildman–Crippen MR) is 110 cm³/mol. The summed E-state index contributed by atoms with van der Waals surface area (Å²) in [5, 5.41) is 0. The molecule has 0 aliphatic carbocycles. The molecular weight excluding hydrogens is 360 g/mol. The highest BCUT2D eigenvalue weighted by molar-refractivity contribution is 6.18. The molecule has 6 heteroatoms. The van der Waals surface area contributed by atoms with Gasteiger partial charge in [0, 0.05) is 56.2 Å². The summed E-state index contributed by atoms with van der Waals surface area (Å²) in [4.78, 5) is 25.8. The lowest BCUT2D eigenvalue weighted by Crippen LogP contribution is -2.49. The highest BCUT2D eigenvalue weighted by Gasteiger charge is 2.24. The third-order valence-corrected chi connectivity index (χ3v) is 5.17. The summed E-state index contributed by atoms with van der Waals surface area (Å²) in [7, 11) is 0. The molecule has 5 nitrogen and oxygen atoms in total. The molecule has 0 radical (unpaired) electrons. The van der Waals surface area contributed by atoms with Gasteiger partial charge in [-0.1, -0.05) is 37.3 Å². The monoisotopic (exact) mass is 386 g/mol. The molecule has 0 atom stereocenters. The molecule has 2 heterocycles. The molecule has 0 bridgehead atoms. The summed E-state index contributed by atoms with van der Waals surface area (Å²) in [6.07, 6.45) is 2.12. The quantitative estimate of drug-likeness (QED) is 0.715. The third kappa shape index (κ3) is 4.78. The number of nitrogens with zero attached hydrogens (tertiary/aromatic N) is 4. The van der Waals surface area contributed by atoms with Crippen molar-refractivity contribution in [3.8, 4) is 0 Å². The van der Waals surface area contributed by atoms with E-state index in [0.717, 1.165) is 43.3 Å². The van der Waals surface area contributed by atoms with Crippen LogP contribution in [-0.4, -0.2) is 52.8 Å². The number of benzene rings is 1. The van der Waals surface area contributed by atoms with Crippen LogP contribution in [-0.2, 0) is 17.6 Å².